The Morgan fingerprint density at radius 3 is 2.76 bits per heavy atom. The second-order valence-electron chi connectivity index (χ2n) is 4.59. The molecule has 21 heavy (non-hydrogen) atoms. The van der Waals surface area contributed by atoms with Crippen molar-refractivity contribution in [3.8, 4) is 11.8 Å². The largest absolute Gasteiger partial charge is 0.384 e. The highest BCUT2D eigenvalue weighted by molar-refractivity contribution is 5.94. The van der Waals surface area contributed by atoms with Crippen LogP contribution in [0.1, 0.15) is 27.0 Å². The molecular formula is C17H16N2O2. The number of aryl methyl sites for hydroxylation is 1. The van der Waals surface area contributed by atoms with Gasteiger partial charge in [-0.25, -0.2) is 0 Å². The van der Waals surface area contributed by atoms with Crippen molar-refractivity contribution < 1.29 is 9.90 Å². The van der Waals surface area contributed by atoms with Crippen molar-refractivity contribution in [2.75, 3.05) is 6.61 Å². The maximum absolute atomic E-state index is 12.2. The molecule has 0 atom stereocenters. The number of carbonyl (C=O) groups excluding carboxylic acids is 1. The molecule has 0 aliphatic carbocycles. The number of amides is 1. The number of aromatic nitrogens is 1. The molecule has 2 N–H and O–H groups in total. The summed E-state index contributed by atoms with van der Waals surface area (Å²) in [5.41, 5.74) is 3.23. The van der Waals surface area contributed by atoms with Crippen molar-refractivity contribution in [3.63, 3.8) is 0 Å². The van der Waals surface area contributed by atoms with E-state index in [2.05, 4.69) is 22.1 Å². The Hall–Kier alpha value is -2.64. The minimum Gasteiger partial charge on any atom is -0.384 e. The molecule has 0 fully saturated rings. The first-order valence-corrected chi connectivity index (χ1v) is 6.57. The standard InChI is InChI=1S/C17H16N2O2/c1-13-9-15(3-2-8-20)11-16(10-13)17(21)19-12-14-4-6-18-7-5-14/h4-7,9-11,20H,8,12H2,1H3,(H,19,21). The van der Waals surface area contributed by atoms with E-state index < -0.39 is 0 Å². The van der Waals surface area contributed by atoms with Gasteiger partial charge in [0.2, 0.25) is 0 Å². The van der Waals surface area contributed by atoms with Gasteiger partial charge in [-0.1, -0.05) is 11.8 Å². The Morgan fingerprint density at radius 2 is 2.05 bits per heavy atom. The quantitative estimate of drug-likeness (QED) is 0.841. The molecule has 1 aromatic heterocycles. The second kappa shape index (κ2) is 7.22. The van der Waals surface area contributed by atoms with Gasteiger partial charge in [0.05, 0.1) is 0 Å². The molecule has 0 spiro atoms. The van der Waals surface area contributed by atoms with Crippen molar-refractivity contribution in [2.24, 2.45) is 0 Å². The minimum absolute atomic E-state index is 0.150. The molecule has 4 nitrogen and oxygen atoms in total. The van der Waals surface area contributed by atoms with Crippen LogP contribution in [0.2, 0.25) is 0 Å². The number of hydrogen-bond donors (Lipinski definition) is 2. The van der Waals surface area contributed by atoms with Gasteiger partial charge in [-0.2, -0.15) is 0 Å². The van der Waals surface area contributed by atoms with Crippen LogP contribution in [0.15, 0.2) is 42.7 Å². The zero-order chi connectivity index (χ0) is 15.1. The Bertz CT molecular complexity index is 685. The summed E-state index contributed by atoms with van der Waals surface area (Å²) >= 11 is 0. The predicted molar refractivity (Wildman–Crippen MR) is 80.6 cm³/mol. The molecule has 1 heterocycles. The van der Waals surface area contributed by atoms with Crippen LogP contribution in [0.3, 0.4) is 0 Å². The van der Waals surface area contributed by atoms with Gasteiger partial charge in [0, 0.05) is 30.1 Å². The Labute approximate surface area is 123 Å². The lowest BCUT2D eigenvalue weighted by Gasteiger charge is -2.07. The molecule has 106 valence electrons. The van der Waals surface area contributed by atoms with E-state index in [-0.39, 0.29) is 12.5 Å². The van der Waals surface area contributed by atoms with Crippen LogP contribution in [0.4, 0.5) is 0 Å². The fourth-order valence-corrected chi connectivity index (χ4v) is 1.91. The number of aliphatic hydroxyl groups excluding tert-OH is 1. The molecule has 0 radical (unpaired) electrons. The second-order valence-corrected chi connectivity index (χ2v) is 4.59. The van der Waals surface area contributed by atoms with E-state index >= 15 is 0 Å². The highest BCUT2D eigenvalue weighted by atomic mass is 16.2. The van der Waals surface area contributed by atoms with Gasteiger partial charge in [0.15, 0.2) is 0 Å². The highest BCUT2D eigenvalue weighted by Crippen LogP contribution is 2.09. The fourth-order valence-electron chi connectivity index (χ4n) is 1.91. The molecule has 2 aromatic rings. The molecule has 1 amide bonds. The van der Waals surface area contributed by atoms with Crippen LogP contribution < -0.4 is 5.32 Å². The zero-order valence-corrected chi connectivity index (χ0v) is 11.8. The Balaban J connectivity index is 2.10. The Kier molecular flexibility index (Phi) is 5.08. The predicted octanol–water partition coefficient (Wildman–Crippen LogP) is 1.66. The summed E-state index contributed by atoms with van der Waals surface area (Å²) in [5.74, 6) is 5.25. The van der Waals surface area contributed by atoms with Gasteiger partial charge in [-0.15, -0.1) is 0 Å². The summed E-state index contributed by atoms with van der Waals surface area (Å²) in [6.07, 6.45) is 3.38. The van der Waals surface area contributed by atoms with Gasteiger partial charge in [0.25, 0.3) is 5.91 Å². The fraction of sp³-hybridized carbons (Fsp3) is 0.176. The van der Waals surface area contributed by atoms with Crippen LogP contribution >= 0.6 is 0 Å². The molecule has 4 heteroatoms. The number of hydrogen-bond acceptors (Lipinski definition) is 3. The van der Waals surface area contributed by atoms with Gasteiger partial charge < -0.3 is 10.4 Å². The van der Waals surface area contributed by atoms with E-state index in [4.69, 9.17) is 5.11 Å². The van der Waals surface area contributed by atoms with Crippen molar-refractivity contribution in [1.82, 2.24) is 10.3 Å². The summed E-state index contributed by atoms with van der Waals surface area (Å²) in [6, 6.07) is 9.12. The number of benzene rings is 1. The van der Waals surface area contributed by atoms with E-state index in [0.29, 0.717) is 12.1 Å². The summed E-state index contributed by atoms with van der Waals surface area (Å²) in [5, 5.41) is 11.6. The summed E-state index contributed by atoms with van der Waals surface area (Å²) < 4.78 is 0. The SMILES string of the molecule is Cc1cc(C#CCO)cc(C(=O)NCc2ccncc2)c1. The molecule has 0 aliphatic rings. The average molecular weight is 280 g/mol. The highest BCUT2D eigenvalue weighted by Gasteiger charge is 2.07. The van der Waals surface area contributed by atoms with Crippen LogP contribution in [0.5, 0.6) is 0 Å². The monoisotopic (exact) mass is 280 g/mol. The average Bonchev–Trinajstić information content (AvgIpc) is 2.51. The first kappa shape index (κ1) is 14.8. The minimum atomic E-state index is -0.197. The van der Waals surface area contributed by atoms with Gasteiger partial charge in [0.1, 0.15) is 6.61 Å². The third-order valence-electron chi connectivity index (χ3n) is 2.85. The van der Waals surface area contributed by atoms with E-state index in [1.54, 1.807) is 18.5 Å². The van der Waals surface area contributed by atoms with Crippen molar-refractivity contribution in [2.45, 2.75) is 13.5 Å². The van der Waals surface area contributed by atoms with Crippen molar-refractivity contribution in [3.05, 3.63) is 65.0 Å². The van der Waals surface area contributed by atoms with Crippen molar-refractivity contribution in [1.29, 1.82) is 0 Å². The molecule has 0 saturated heterocycles. The van der Waals surface area contributed by atoms with E-state index in [9.17, 15) is 4.79 Å². The van der Waals surface area contributed by atoms with Crippen LogP contribution in [0, 0.1) is 18.8 Å². The smallest absolute Gasteiger partial charge is 0.251 e. The van der Waals surface area contributed by atoms with Crippen LogP contribution in [-0.4, -0.2) is 22.6 Å². The lowest BCUT2D eigenvalue weighted by Crippen LogP contribution is -2.23. The third-order valence-corrected chi connectivity index (χ3v) is 2.85. The van der Waals surface area contributed by atoms with E-state index in [0.717, 1.165) is 16.7 Å². The topological polar surface area (TPSA) is 62.2 Å². The summed E-state index contributed by atoms with van der Waals surface area (Å²) in [6.45, 7) is 2.16. The zero-order valence-electron chi connectivity index (χ0n) is 11.8. The maximum atomic E-state index is 12.2. The first-order chi connectivity index (χ1) is 10.2. The first-order valence-electron chi connectivity index (χ1n) is 6.57. The van der Waals surface area contributed by atoms with Crippen LogP contribution in [0.25, 0.3) is 0 Å². The number of carbonyl (C=O) groups is 1. The van der Waals surface area contributed by atoms with Crippen molar-refractivity contribution >= 4 is 5.91 Å². The van der Waals surface area contributed by atoms with Gasteiger partial charge >= 0.3 is 0 Å². The molecular weight excluding hydrogens is 264 g/mol. The van der Waals surface area contributed by atoms with Crippen LogP contribution in [-0.2, 0) is 6.54 Å². The summed E-state index contributed by atoms with van der Waals surface area (Å²) in [7, 11) is 0. The Morgan fingerprint density at radius 1 is 1.29 bits per heavy atom. The van der Waals surface area contributed by atoms with Gasteiger partial charge in [-0.3, -0.25) is 9.78 Å². The lowest BCUT2D eigenvalue weighted by atomic mass is 10.1. The molecule has 0 bridgehead atoms. The number of nitrogens with zero attached hydrogens (tertiary/aromatic N) is 1. The molecule has 1 aromatic carbocycles. The molecule has 0 aliphatic heterocycles. The molecule has 0 saturated carbocycles. The maximum Gasteiger partial charge on any atom is 0.251 e. The van der Waals surface area contributed by atoms with E-state index in [1.165, 1.54) is 0 Å². The number of rotatable bonds is 3. The normalized spacial score (nSPS) is 9.62. The number of pyridine rings is 1. The number of nitrogens with one attached hydrogen (secondary N) is 1. The third kappa shape index (κ3) is 4.44. The summed E-state index contributed by atoms with van der Waals surface area (Å²) in [4.78, 5) is 16.1. The number of aliphatic hydroxyl groups is 1. The molecule has 2 rings (SSSR count). The molecule has 0 unspecified atom stereocenters. The lowest BCUT2D eigenvalue weighted by molar-refractivity contribution is 0.0951. The van der Waals surface area contributed by atoms with Gasteiger partial charge in [-0.05, 0) is 48.4 Å². The van der Waals surface area contributed by atoms with E-state index in [1.807, 2.05) is 31.2 Å².